The Morgan fingerprint density at radius 1 is 1.37 bits per heavy atom. The molecule has 2 heterocycles. The number of hydrogen-bond acceptors (Lipinski definition) is 4. The first-order chi connectivity index (χ1) is 9.29. The van der Waals surface area contributed by atoms with Crippen molar-refractivity contribution in [2.45, 2.75) is 32.2 Å². The molecule has 0 saturated heterocycles. The molecule has 0 bridgehead atoms. The zero-order valence-corrected chi connectivity index (χ0v) is 11.6. The SMILES string of the molecule is CCCNC(Cc1cccnc1)Cc1ncnn1C. The largest absolute Gasteiger partial charge is 0.313 e. The summed E-state index contributed by atoms with van der Waals surface area (Å²) in [6.45, 7) is 3.19. The first-order valence-electron chi connectivity index (χ1n) is 6.74. The molecule has 0 saturated carbocycles. The van der Waals surface area contributed by atoms with Crippen LogP contribution in [0.1, 0.15) is 24.7 Å². The Morgan fingerprint density at radius 3 is 2.89 bits per heavy atom. The minimum Gasteiger partial charge on any atom is -0.313 e. The highest BCUT2D eigenvalue weighted by Gasteiger charge is 2.13. The van der Waals surface area contributed by atoms with E-state index >= 15 is 0 Å². The van der Waals surface area contributed by atoms with Crippen LogP contribution in [0.5, 0.6) is 0 Å². The second-order valence-electron chi connectivity index (χ2n) is 4.72. The summed E-state index contributed by atoms with van der Waals surface area (Å²) >= 11 is 0. The van der Waals surface area contributed by atoms with Gasteiger partial charge in [-0.15, -0.1) is 0 Å². The van der Waals surface area contributed by atoms with E-state index in [1.807, 2.05) is 24.0 Å². The molecule has 0 aliphatic rings. The van der Waals surface area contributed by atoms with Crippen LogP contribution < -0.4 is 5.32 Å². The number of nitrogens with zero attached hydrogens (tertiary/aromatic N) is 4. The lowest BCUT2D eigenvalue weighted by atomic mass is 10.0. The number of aromatic nitrogens is 4. The van der Waals surface area contributed by atoms with Crippen molar-refractivity contribution in [3.63, 3.8) is 0 Å². The third-order valence-electron chi connectivity index (χ3n) is 3.12. The molecule has 1 unspecified atom stereocenters. The van der Waals surface area contributed by atoms with E-state index in [-0.39, 0.29) is 0 Å². The van der Waals surface area contributed by atoms with Crippen molar-refractivity contribution in [1.82, 2.24) is 25.1 Å². The molecule has 5 heteroatoms. The van der Waals surface area contributed by atoms with Gasteiger partial charge in [-0.1, -0.05) is 13.0 Å². The monoisotopic (exact) mass is 259 g/mol. The van der Waals surface area contributed by atoms with Crippen molar-refractivity contribution in [2.24, 2.45) is 7.05 Å². The molecule has 0 aromatic carbocycles. The second kappa shape index (κ2) is 6.99. The number of rotatable bonds is 7. The van der Waals surface area contributed by atoms with Gasteiger partial charge in [0.25, 0.3) is 0 Å². The van der Waals surface area contributed by atoms with Gasteiger partial charge in [0.1, 0.15) is 12.2 Å². The maximum Gasteiger partial charge on any atom is 0.138 e. The summed E-state index contributed by atoms with van der Waals surface area (Å²) in [5, 5.41) is 7.70. The van der Waals surface area contributed by atoms with E-state index < -0.39 is 0 Å². The van der Waals surface area contributed by atoms with E-state index in [4.69, 9.17) is 0 Å². The van der Waals surface area contributed by atoms with Gasteiger partial charge in [-0.2, -0.15) is 5.10 Å². The van der Waals surface area contributed by atoms with E-state index in [9.17, 15) is 0 Å². The zero-order valence-electron chi connectivity index (χ0n) is 11.6. The number of aryl methyl sites for hydroxylation is 1. The molecule has 0 fully saturated rings. The van der Waals surface area contributed by atoms with Gasteiger partial charge in [-0.3, -0.25) is 9.67 Å². The smallest absolute Gasteiger partial charge is 0.138 e. The molecule has 2 aromatic rings. The minimum atomic E-state index is 0.368. The highest BCUT2D eigenvalue weighted by molar-refractivity contribution is 5.11. The van der Waals surface area contributed by atoms with Gasteiger partial charge in [0.2, 0.25) is 0 Å². The average molecular weight is 259 g/mol. The Hall–Kier alpha value is -1.75. The van der Waals surface area contributed by atoms with Crippen LogP contribution in [0.2, 0.25) is 0 Å². The fourth-order valence-electron chi connectivity index (χ4n) is 2.09. The zero-order chi connectivity index (χ0) is 13.5. The Bertz CT molecular complexity index is 480. The summed E-state index contributed by atoms with van der Waals surface area (Å²) < 4.78 is 1.84. The number of nitrogens with one attached hydrogen (secondary N) is 1. The van der Waals surface area contributed by atoms with Crippen LogP contribution in [-0.4, -0.2) is 32.3 Å². The number of hydrogen-bond donors (Lipinski definition) is 1. The first kappa shape index (κ1) is 13.7. The second-order valence-corrected chi connectivity index (χ2v) is 4.72. The minimum absolute atomic E-state index is 0.368. The van der Waals surface area contributed by atoms with Gasteiger partial charge in [-0.05, 0) is 31.0 Å². The summed E-state index contributed by atoms with van der Waals surface area (Å²) in [5.74, 6) is 1.01. The van der Waals surface area contributed by atoms with E-state index in [1.54, 1.807) is 12.5 Å². The summed E-state index contributed by atoms with van der Waals surface area (Å²) in [6.07, 6.45) is 8.31. The molecule has 0 aliphatic heterocycles. The molecule has 0 spiro atoms. The molecule has 19 heavy (non-hydrogen) atoms. The van der Waals surface area contributed by atoms with Crippen molar-refractivity contribution in [3.8, 4) is 0 Å². The van der Waals surface area contributed by atoms with Gasteiger partial charge in [0.15, 0.2) is 0 Å². The highest BCUT2D eigenvalue weighted by Crippen LogP contribution is 2.06. The molecule has 1 atom stereocenters. The fraction of sp³-hybridized carbons (Fsp3) is 0.500. The Kier molecular flexibility index (Phi) is 5.03. The summed E-state index contributed by atoms with van der Waals surface area (Å²) in [5.41, 5.74) is 1.25. The lowest BCUT2D eigenvalue weighted by Crippen LogP contribution is -2.34. The third-order valence-corrected chi connectivity index (χ3v) is 3.12. The van der Waals surface area contributed by atoms with E-state index in [2.05, 4.69) is 33.4 Å². The van der Waals surface area contributed by atoms with E-state index in [0.717, 1.165) is 31.6 Å². The van der Waals surface area contributed by atoms with Crippen LogP contribution in [-0.2, 0) is 19.9 Å². The Morgan fingerprint density at radius 2 is 2.26 bits per heavy atom. The summed E-state index contributed by atoms with van der Waals surface area (Å²) in [6, 6.07) is 4.46. The van der Waals surface area contributed by atoms with Crippen molar-refractivity contribution >= 4 is 0 Å². The predicted octanol–water partition coefficient (Wildman–Crippen LogP) is 1.36. The molecular formula is C14H21N5. The lowest BCUT2D eigenvalue weighted by Gasteiger charge is -2.18. The van der Waals surface area contributed by atoms with Crippen LogP contribution in [0.3, 0.4) is 0 Å². The van der Waals surface area contributed by atoms with Gasteiger partial charge in [-0.25, -0.2) is 4.98 Å². The van der Waals surface area contributed by atoms with Crippen LogP contribution in [0.15, 0.2) is 30.9 Å². The molecule has 0 aliphatic carbocycles. The Balaban J connectivity index is 2.01. The fourth-order valence-corrected chi connectivity index (χ4v) is 2.09. The van der Waals surface area contributed by atoms with Crippen molar-refractivity contribution in [1.29, 1.82) is 0 Å². The van der Waals surface area contributed by atoms with E-state index in [1.165, 1.54) is 5.56 Å². The maximum atomic E-state index is 4.30. The standard InChI is InChI=1S/C14H21N5/c1-3-6-16-13(8-12-5-4-7-15-10-12)9-14-17-11-18-19(14)2/h4-5,7,10-11,13,16H,3,6,8-9H2,1-2H3. The molecular weight excluding hydrogens is 238 g/mol. The quantitative estimate of drug-likeness (QED) is 0.816. The van der Waals surface area contributed by atoms with Crippen LogP contribution in [0.25, 0.3) is 0 Å². The van der Waals surface area contributed by atoms with Gasteiger partial charge in [0.05, 0.1) is 0 Å². The topological polar surface area (TPSA) is 55.6 Å². The predicted molar refractivity (Wildman–Crippen MR) is 74.7 cm³/mol. The summed E-state index contributed by atoms with van der Waals surface area (Å²) in [4.78, 5) is 8.47. The van der Waals surface area contributed by atoms with Gasteiger partial charge < -0.3 is 5.32 Å². The van der Waals surface area contributed by atoms with Gasteiger partial charge >= 0.3 is 0 Å². The molecule has 2 aromatic heterocycles. The van der Waals surface area contributed by atoms with Crippen molar-refractivity contribution in [2.75, 3.05) is 6.54 Å². The molecule has 5 nitrogen and oxygen atoms in total. The van der Waals surface area contributed by atoms with Crippen LogP contribution in [0, 0.1) is 0 Å². The summed E-state index contributed by atoms with van der Waals surface area (Å²) in [7, 11) is 1.93. The highest BCUT2D eigenvalue weighted by atomic mass is 15.3. The van der Waals surface area contributed by atoms with Crippen molar-refractivity contribution in [3.05, 3.63) is 42.2 Å². The molecule has 102 valence electrons. The van der Waals surface area contributed by atoms with Gasteiger partial charge in [0, 0.05) is 31.9 Å². The lowest BCUT2D eigenvalue weighted by molar-refractivity contribution is 0.485. The average Bonchev–Trinajstić information content (AvgIpc) is 2.83. The maximum absolute atomic E-state index is 4.30. The molecule has 2 rings (SSSR count). The number of pyridine rings is 1. The van der Waals surface area contributed by atoms with Crippen LogP contribution >= 0.6 is 0 Å². The first-order valence-corrected chi connectivity index (χ1v) is 6.74. The molecule has 1 N–H and O–H groups in total. The van der Waals surface area contributed by atoms with Crippen LogP contribution in [0.4, 0.5) is 0 Å². The van der Waals surface area contributed by atoms with Crippen molar-refractivity contribution < 1.29 is 0 Å². The normalized spacial score (nSPS) is 12.5. The van der Waals surface area contributed by atoms with E-state index in [0.29, 0.717) is 6.04 Å². The Labute approximate surface area is 114 Å². The molecule has 0 amide bonds. The molecule has 0 radical (unpaired) electrons. The third kappa shape index (κ3) is 4.13.